The van der Waals surface area contributed by atoms with Crippen molar-refractivity contribution >= 4 is 0 Å². The number of hydrogen-bond acceptors (Lipinski definition) is 2. The minimum atomic E-state index is -0.211. The number of aliphatic hydroxyl groups excluding tert-OH is 1. The SMILES string of the molecule is O[C@@H]1CCCN(Cc2cccc(-c3cccc(F)c3)c2)C1. The molecule has 1 aliphatic heterocycles. The first-order valence-electron chi connectivity index (χ1n) is 7.46. The average Bonchev–Trinajstić information content (AvgIpc) is 2.47. The Morgan fingerprint density at radius 3 is 2.62 bits per heavy atom. The third kappa shape index (κ3) is 3.69. The van der Waals surface area contributed by atoms with Crippen LogP contribution in [0.3, 0.4) is 0 Å². The lowest BCUT2D eigenvalue weighted by Gasteiger charge is -2.30. The summed E-state index contributed by atoms with van der Waals surface area (Å²) < 4.78 is 13.3. The van der Waals surface area contributed by atoms with Crippen molar-refractivity contribution in [1.29, 1.82) is 0 Å². The molecule has 1 saturated heterocycles. The van der Waals surface area contributed by atoms with E-state index in [-0.39, 0.29) is 11.9 Å². The first-order valence-corrected chi connectivity index (χ1v) is 7.46. The highest BCUT2D eigenvalue weighted by Gasteiger charge is 2.17. The Morgan fingerprint density at radius 2 is 1.86 bits per heavy atom. The molecule has 0 bridgehead atoms. The molecule has 0 unspecified atom stereocenters. The number of nitrogens with zero attached hydrogens (tertiary/aromatic N) is 1. The second-order valence-corrected chi connectivity index (χ2v) is 5.74. The number of β-amino-alcohol motifs (C(OH)–C–C–N with tert-alkyl or cyclic N) is 1. The van der Waals surface area contributed by atoms with Gasteiger partial charge in [0.1, 0.15) is 5.82 Å². The summed E-state index contributed by atoms with van der Waals surface area (Å²) in [7, 11) is 0. The van der Waals surface area contributed by atoms with Crippen LogP contribution < -0.4 is 0 Å². The molecular formula is C18H20FNO. The molecule has 3 rings (SSSR count). The molecule has 0 aliphatic carbocycles. The maximum atomic E-state index is 13.3. The monoisotopic (exact) mass is 285 g/mol. The van der Waals surface area contributed by atoms with E-state index in [4.69, 9.17) is 0 Å². The summed E-state index contributed by atoms with van der Waals surface area (Å²) in [6.07, 6.45) is 1.75. The first kappa shape index (κ1) is 14.2. The summed E-state index contributed by atoms with van der Waals surface area (Å²) in [5.41, 5.74) is 3.13. The molecule has 0 aromatic heterocycles. The van der Waals surface area contributed by atoms with E-state index in [0.29, 0.717) is 0 Å². The van der Waals surface area contributed by atoms with Crippen LogP contribution in [0.5, 0.6) is 0 Å². The summed E-state index contributed by atoms with van der Waals surface area (Å²) in [6, 6.07) is 14.9. The molecule has 1 heterocycles. The van der Waals surface area contributed by atoms with E-state index in [2.05, 4.69) is 17.0 Å². The average molecular weight is 285 g/mol. The molecule has 2 aromatic carbocycles. The van der Waals surface area contributed by atoms with Gasteiger partial charge in [0.15, 0.2) is 0 Å². The summed E-state index contributed by atoms with van der Waals surface area (Å²) in [4.78, 5) is 2.28. The van der Waals surface area contributed by atoms with Crippen LogP contribution in [0.2, 0.25) is 0 Å². The van der Waals surface area contributed by atoms with Gasteiger partial charge in [-0.2, -0.15) is 0 Å². The Kier molecular flexibility index (Phi) is 4.32. The number of hydrogen-bond donors (Lipinski definition) is 1. The fraction of sp³-hybridized carbons (Fsp3) is 0.333. The molecule has 1 fully saturated rings. The molecule has 3 heteroatoms. The molecule has 110 valence electrons. The van der Waals surface area contributed by atoms with Crippen LogP contribution in [-0.4, -0.2) is 29.2 Å². The number of halogens is 1. The van der Waals surface area contributed by atoms with Crippen molar-refractivity contribution < 1.29 is 9.50 Å². The van der Waals surface area contributed by atoms with Crippen molar-refractivity contribution in [2.75, 3.05) is 13.1 Å². The van der Waals surface area contributed by atoms with E-state index >= 15 is 0 Å². The van der Waals surface area contributed by atoms with Gasteiger partial charge in [-0.05, 0) is 54.3 Å². The minimum Gasteiger partial charge on any atom is -0.392 e. The van der Waals surface area contributed by atoms with Gasteiger partial charge in [-0.1, -0.05) is 30.3 Å². The summed E-state index contributed by atoms with van der Waals surface area (Å²) in [5.74, 6) is -0.211. The van der Waals surface area contributed by atoms with Crippen LogP contribution in [0.25, 0.3) is 11.1 Å². The van der Waals surface area contributed by atoms with Gasteiger partial charge >= 0.3 is 0 Å². The molecule has 0 saturated carbocycles. The van der Waals surface area contributed by atoms with E-state index in [9.17, 15) is 9.50 Å². The summed E-state index contributed by atoms with van der Waals surface area (Å²) in [5, 5.41) is 9.74. The number of likely N-dealkylation sites (tertiary alicyclic amines) is 1. The van der Waals surface area contributed by atoms with Gasteiger partial charge in [0.05, 0.1) is 6.10 Å². The van der Waals surface area contributed by atoms with Gasteiger partial charge < -0.3 is 5.11 Å². The normalized spacial score (nSPS) is 19.6. The molecule has 0 amide bonds. The number of piperidine rings is 1. The summed E-state index contributed by atoms with van der Waals surface area (Å²) in [6.45, 7) is 2.60. The second kappa shape index (κ2) is 6.37. The van der Waals surface area contributed by atoms with Gasteiger partial charge in [0.25, 0.3) is 0 Å². The fourth-order valence-electron chi connectivity index (χ4n) is 2.95. The molecule has 21 heavy (non-hydrogen) atoms. The highest BCUT2D eigenvalue weighted by molar-refractivity contribution is 5.64. The van der Waals surface area contributed by atoms with Gasteiger partial charge in [-0.3, -0.25) is 4.90 Å². The highest BCUT2D eigenvalue weighted by atomic mass is 19.1. The van der Waals surface area contributed by atoms with Crippen LogP contribution in [0.4, 0.5) is 4.39 Å². The van der Waals surface area contributed by atoms with E-state index < -0.39 is 0 Å². The van der Waals surface area contributed by atoms with Crippen molar-refractivity contribution in [3.63, 3.8) is 0 Å². The number of benzene rings is 2. The van der Waals surface area contributed by atoms with Crippen molar-refractivity contribution in [2.24, 2.45) is 0 Å². The third-order valence-electron chi connectivity index (χ3n) is 3.97. The second-order valence-electron chi connectivity index (χ2n) is 5.74. The molecule has 1 atom stereocenters. The third-order valence-corrected chi connectivity index (χ3v) is 3.97. The zero-order chi connectivity index (χ0) is 14.7. The van der Waals surface area contributed by atoms with E-state index in [0.717, 1.165) is 43.6 Å². The molecule has 2 aromatic rings. The van der Waals surface area contributed by atoms with E-state index in [1.54, 1.807) is 12.1 Å². The largest absolute Gasteiger partial charge is 0.392 e. The van der Waals surface area contributed by atoms with Gasteiger partial charge in [0.2, 0.25) is 0 Å². The van der Waals surface area contributed by atoms with Crippen molar-refractivity contribution in [3.8, 4) is 11.1 Å². The Hall–Kier alpha value is -1.71. The standard InChI is InChI=1S/C18H20FNO/c19-17-7-2-6-16(11-17)15-5-1-4-14(10-15)12-20-9-3-8-18(21)13-20/h1-2,4-7,10-11,18,21H,3,8-9,12-13H2/t18-/m1/s1. The molecule has 0 spiro atoms. The molecular weight excluding hydrogens is 265 g/mol. The zero-order valence-corrected chi connectivity index (χ0v) is 12.0. The number of rotatable bonds is 3. The Balaban J connectivity index is 1.77. The van der Waals surface area contributed by atoms with Crippen molar-refractivity contribution in [3.05, 3.63) is 59.9 Å². The molecule has 1 aliphatic rings. The lowest BCUT2D eigenvalue weighted by Crippen LogP contribution is -2.37. The molecule has 2 nitrogen and oxygen atoms in total. The Labute approximate surface area is 124 Å². The summed E-state index contributed by atoms with van der Waals surface area (Å²) >= 11 is 0. The maximum absolute atomic E-state index is 13.3. The lowest BCUT2D eigenvalue weighted by atomic mass is 10.0. The smallest absolute Gasteiger partial charge is 0.123 e. The highest BCUT2D eigenvalue weighted by Crippen LogP contribution is 2.22. The molecule has 1 N–H and O–H groups in total. The Bertz CT molecular complexity index is 614. The van der Waals surface area contributed by atoms with Crippen molar-refractivity contribution in [2.45, 2.75) is 25.5 Å². The fourth-order valence-corrected chi connectivity index (χ4v) is 2.95. The van der Waals surface area contributed by atoms with E-state index in [1.165, 1.54) is 11.6 Å². The van der Waals surface area contributed by atoms with Crippen LogP contribution >= 0.6 is 0 Å². The quantitative estimate of drug-likeness (QED) is 0.933. The Morgan fingerprint density at radius 1 is 1.10 bits per heavy atom. The van der Waals surface area contributed by atoms with Crippen LogP contribution in [0.1, 0.15) is 18.4 Å². The van der Waals surface area contributed by atoms with Crippen LogP contribution in [-0.2, 0) is 6.54 Å². The van der Waals surface area contributed by atoms with Gasteiger partial charge in [-0.15, -0.1) is 0 Å². The predicted molar refractivity (Wildman–Crippen MR) is 82.4 cm³/mol. The first-order chi connectivity index (χ1) is 10.2. The maximum Gasteiger partial charge on any atom is 0.123 e. The van der Waals surface area contributed by atoms with Crippen molar-refractivity contribution in [1.82, 2.24) is 4.90 Å². The zero-order valence-electron chi connectivity index (χ0n) is 12.0. The lowest BCUT2D eigenvalue weighted by molar-refractivity contribution is 0.0668. The van der Waals surface area contributed by atoms with Crippen LogP contribution in [0.15, 0.2) is 48.5 Å². The van der Waals surface area contributed by atoms with Gasteiger partial charge in [-0.25, -0.2) is 4.39 Å². The van der Waals surface area contributed by atoms with Gasteiger partial charge in [0, 0.05) is 13.1 Å². The predicted octanol–water partition coefficient (Wildman–Crippen LogP) is 3.45. The number of aliphatic hydroxyl groups is 1. The van der Waals surface area contributed by atoms with Crippen LogP contribution in [0, 0.1) is 5.82 Å². The molecule has 0 radical (unpaired) electrons. The topological polar surface area (TPSA) is 23.5 Å². The van der Waals surface area contributed by atoms with E-state index in [1.807, 2.05) is 18.2 Å². The minimum absolute atomic E-state index is 0.204.